The molecule has 5 rings (SSSR count). The molecule has 5 aromatic rings. The monoisotopic (exact) mass is 548 g/mol. The van der Waals surface area contributed by atoms with Crippen molar-refractivity contribution in [1.82, 2.24) is 24.7 Å². The highest BCUT2D eigenvalue weighted by molar-refractivity contribution is 7.99. The van der Waals surface area contributed by atoms with Gasteiger partial charge >= 0.3 is 0 Å². The number of nitrogens with one attached hydrogen (secondary N) is 1. The molecule has 0 saturated carbocycles. The van der Waals surface area contributed by atoms with E-state index in [0.717, 1.165) is 21.3 Å². The standard InChI is InChI=1S/C22H15Cl3N6OS2/c1-31-17-5-3-13(24)8-15(17)19-20(31)28-22(30-29-19)33-10-18(32)27-21-26-9-14(34-21)7-11-6-12(23)2-4-16(11)25/h2-6,8-9H,7,10H2,1H3,(H,26,27,32). The second kappa shape index (κ2) is 9.67. The molecule has 0 radical (unpaired) electrons. The normalized spacial score (nSPS) is 11.4. The Labute approximate surface area is 217 Å². The van der Waals surface area contributed by atoms with Gasteiger partial charge in [0, 0.05) is 45.0 Å². The van der Waals surface area contributed by atoms with Crippen LogP contribution in [0.1, 0.15) is 10.4 Å². The molecule has 2 aromatic carbocycles. The summed E-state index contributed by atoms with van der Waals surface area (Å²) < 4.78 is 1.93. The molecule has 0 aliphatic heterocycles. The second-order valence-electron chi connectivity index (χ2n) is 7.37. The number of rotatable bonds is 6. The van der Waals surface area contributed by atoms with Gasteiger partial charge in [-0.05, 0) is 42.0 Å². The van der Waals surface area contributed by atoms with E-state index in [2.05, 4.69) is 25.5 Å². The van der Waals surface area contributed by atoms with E-state index in [1.54, 1.807) is 18.3 Å². The summed E-state index contributed by atoms with van der Waals surface area (Å²) in [4.78, 5) is 22.3. The Hall–Kier alpha value is -2.43. The molecule has 3 aromatic heterocycles. The van der Waals surface area contributed by atoms with E-state index in [1.165, 1.54) is 23.1 Å². The minimum absolute atomic E-state index is 0.123. The van der Waals surface area contributed by atoms with Gasteiger partial charge in [0.25, 0.3) is 0 Å². The number of halogens is 3. The summed E-state index contributed by atoms with van der Waals surface area (Å²) in [6.07, 6.45) is 2.30. The van der Waals surface area contributed by atoms with Crippen LogP contribution in [0.15, 0.2) is 47.8 Å². The minimum Gasteiger partial charge on any atom is -0.327 e. The maximum atomic E-state index is 12.5. The molecule has 34 heavy (non-hydrogen) atoms. The SMILES string of the molecule is Cn1c2ccc(Cl)cc2c2nnc(SCC(=O)Nc3ncc(Cc4cc(Cl)ccc4Cl)s3)nc21. The van der Waals surface area contributed by atoms with Crippen LogP contribution in [0.5, 0.6) is 0 Å². The molecule has 0 aliphatic carbocycles. The molecule has 0 saturated heterocycles. The van der Waals surface area contributed by atoms with Gasteiger partial charge in [-0.2, -0.15) is 0 Å². The van der Waals surface area contributed by atoms with Crippen molar-refractivity contribution >= 4 is 91.0 Å². The highest BCUT2D eigenvalue weighted by atomic mass is 35.5. The Kier molecular flexibility index (Phi) is 6.63. The van der Waals surface area contributed by atoms with Crippen LogP contribution in [0.3, 0.4) is 0 Å². The first-order valence-corrected chi connectivity index (χ1v) is 12.9. The number of benzene rings is 2. The van der Waals surface area contributed by atoms with Crippen molar-refractivity contribution in [2.75, 3.05) is 11.1 Å². The molecule has 0 fully saturated rings. The van der Waals surface area contributed by atoms with Crippen LogP contribution in [0.25, 0.3) is 22.1 Å². The number of anilines is 1. The Morgan fingerprint density at radius 3 is 2.76 bits per heavy atom. The lowest BCUT2D eigenvalue weighted by atomic mass is 10.1. The van der Waals surface area contributed by atoms with Crippen molar-refractivity contribution < 1.29 is 4.79 Å². The highest BCUT2D eigenvalue weighted by Crippen LogP contribution is 2.29. The topological polar surface area (TPSA) is 85.6 Å². The number of fused-ring (bicyclic) bond motifs is 3. The third-order valence-electron chi connectivity index (χ3n) is 5.05. The van der Waals surface area contributed by atoms with Crippen LogP contribution in [0.2, 0.25) is 15.1 Å². The highest BCUT2D eigenvalue weighted by Gasteiger charge is 2.15. The van der Waals surface area contributed by atoms with E-state index >= 15 is 0 Å². The summed E-state index contributed by atoms with van der Waals surface area (Å²) in [7, 11) is 1.91. The van der Waals surface area contributed by atoms with Gasteiger partial charge in [0.2, 0.25) is 11.1 Å². The fourth-order valence-corrected chi connectivity index (χ4v) is 5.46. The summed E-state index contributed by atoms with van der Waals surface area (Å²) >= 11 is 21.0. The predicted molar refractivity (Wildman–Crippen MR) is 140 cm³/mol. The molecule has 0 bridgehead atoms. The number of aryl methyl sites for hydroxylation is 1. The number of aromatic nitrogens is 5. The van der Waals surface area contributed by atoms with Crippen molar-refractivity contribution in [2.45, 2.75) is 11.6 Å². The molecule has 3 heterocycles. The quantitative estimate of drug-likeness (QED) is 0.252. The second-order valence-corrected chi connectivity index (χ2v) is 10.7. The molecule has 1 amide bonds. The van der Waals surface area contributed by atoms with Crippen molar-refractivity contribution in [1.29, 1.82) is 0 Å². The van der Waals surface area contributed by atoms with E-state index in [-0.39, 0.29) is 11.7 Å². The Morgan fingerprint density at radius 1 is 1.12 bits per heavy atom. The van der Waals surface area contributed by atoms with Crippen LogP contribution in [0.4, 0.5) is 5.13 Å². The molecular formula is C22H15Cl3N6OS2. The molecular weight excluding hydrogens is 535 g/mol. The zero-order valence-electron chi connectivity index (χ0n) is 17.6. The number of hydrogen-bond donors (Lipinski definition) is 1. The maximum absolute atomic E-state index is 12.5. The molecule has 0 unspecified atom stereocenters. The summed E-state index contributed by atoms with van der Waals surface area (Å²) in [5.74, 6) is -0.0861. The summed E-state index contributed by atoms with van der Waals surface area (Å²) in [6, 6.07) is 10.9. The number of nitrogens with zero attached hydrogens (tertiary/aromatic N) is 5. The van der Waals surface area contributed by atoms with Gasteiger partial charge in [-0.1, -0.05) is 46.6 Å². The number of carbonyl (C=O) groups excluding carboxylic acids is 1. The van der Waals surface area contributed by atoms with Gasteiger partial charge in [0.1, 0.15) is 5.52 Å². The average molecular weight is 550 g/mol. The van der Waals surface area contributed by atoms with Gasteiger partial charge in [0.05, 0.1) is 11.3 Å². The lowest BCUT2D eigenvalue weighted by molar-refractivity contribution is -0.113. The first-order valence-electron chi connectivity index (χ1n) is 9.97. The van der Waals surface area contributed by atoms with E-state index in [1.807, 2.05) is 35.9 Å². The molecule has 1 N–H and O–H groups in total. The Bertz CT molecular complexity index is 1550. The van der Waals surface area contributed by atoms with Gasteiger partial charge in [-0.15, -0.1) is 21.5 Å². The Morgan fingerprint density at radius 2 is 1.91 bits per heavy atom. The fraction of sp³-hybridized carbons (Fsp3) is 0.136. The summed E-state index contributed by atoms with van der Waals surface area (Å²) in [5.41, 5.74) is 3.21. The van der Waals surface area contributed by atoms with Gasteiger partial charge in [-0.25, -0.2) is 9.97 Å². The first-order chi connectivity index (χ1) is 16.4. The van der Waals surface area contributed by atoms with E-state index in [4.69, 9.17) is 34.8 Å². The third kappa shape index (κ3) is 4.85. The number of hydrogen-bond acceptors (Lipinski definition) is 7. The zero-order valence-corrected chi connectivity index (χ0v) is 21.5. The van der Waals surface area contributed by atoms with Crippen molar-refractivity contribution in [3.8, 4) is 0 Å². The smallest absolute Gasteiger partial charge is 0.236 e. The summed E-state index contributed by atoms with van der Waals surface area (Å²) in [6.45, 7) is 0. The van der Waals surface area contributed by atoms with Crippen molar-refractivity contribution in [2.24, 2.45) is 7.05 Å². The van der Waals surface area contributed by atoms with Gasteiger partial charge in [0.15, 0.2) is 10.8 Å². The van der Waals surface area contributed by atoms with E-state index in [0.29, 0.717) is 42.9 Å². The maximum Gasteiger partial charge on any atom is 0.236 e. The molecule has 0 spiro atoms. The van der Waals surface area contributed by atoms with Crippen molar-refractivity contribution in [3.63, 3.8) is 0 Å². The fourth-order valence-electron chi connectivity index (χ4n) is 3.48. The molecule has 7 nitrogen and oxygen atoms in total. The first kappa shape index (κ1) is 23.3. The lowest BCUT2D eigenvalue weighted by Crippen LogP contribution is -2.14. The van der Waals surface area contributed by atoms with Gasteiger partial charge in [-0.3, -0.25) is 4.79 Å². The lowest BCUT2D eigenvalue weighted by Gasteiger charge is -2.03. The van der Waals surface area contributed by atoms with Crippen LogP contribution in [-0.4, -0.2) is 36.4 Å². The van der Waals surface area contributed by atoms with Gasteiger partial charge < -0.3 is 9.88 Å². The van der Waals surface area contributed by atoms with Crippen LogP contribution >= 0.6 is 57.9 Å². The number of amides is 1. The molecule has 0 aliphatic rings. The molecule has 172 valence electrons. The number of thioether (sulfide) groups is 1. The van der Waals surface area contributed by atoms with Crippen LogP contribution in [-0.2, 0) is 18.3 Å². The van der Waals surface area contributed by atoms with E-state index < -0.39 is 0 Å². The third-order valence-corrected chi connectivity index (χ3v) is 7.64. The predicted octanol–water partition coefficient (Wildman–Crippen LogP) is 6.25. The van der Waals surface area contributed by atoms with Crippen molar-refractivity contribution in [3.05, 3.63) is 68.1 Å². The zero-order chi connectivity index (χ0) is 23.8. The van der Waals surface area contributed by atoms with E-state index in [9.17, 15) is 4.79 Å². The largest absolute Gasteiger partial charge is 0.327 e. The number of thiazole rings is 1. The minimum atomic E-state index is -0.209. The Balaban J connectivity index is 1.24. The van der Waals surface area contributed by atoms with Crippen LogP contribution < -0.4 is 5.32 Å². The number of carbonyl (C=O) groups is 1. The molecule has 0 atom stereocenters. The average Bonchev–Trinajstić information content (AvgIpc) is 3.36. The summed E-state index contributed by atoms with van der Waals surface area (Å²) in [5, 5.41) is 15.0. The van der Waals surface area contributed by atoms with Crippen LogP contribution in [0, 0.1) is 0 Å². The molecule has 12 heteroatoms.